The molecule has 0 atom stereocenters. The first-order valence-corrected chi connectivity index (χ1v) is 6.92. The molecule has 0 bridgehead atoms. The fraction of sp³-hybridized carbons (Fsp3) is 0.364. The molecule has 0 amide bonds. The van der Waals surface area contributed by atoms with Crippen molar-refractivity contribution in [2.24, 2.45) is 4.99 Å². The van der Waals surface area contributed by atoms with E-state index in [-0.39, 0.29) is 0 Å². The Balaban J connectivity index is 2.03. The van der Waals surface area contributed by atoms with Crippen molar-refractivity contribution >= 4 is 25.4 Å². The van der Waals surface area contributed by atoms with Gasteiger partial charge >= 0.3 is 90.7 Å². The van der Waals surface area contributed by atoms with E-state index in [4.69, 9.17) is 0 Å². The SMILES string of the molecule is Cc1ccc(NC2=NCCC[Se]2)cc1. The van der Waals surface area contributed by atoms with Crippen molar-refractivity contribution in [2.75, 3.05) is 11.9 Å². The van der Waals surface area contributed by atoms with Crippen molar-refractivity contribution in [3.63, 3.8) is 0 Å². The molecule has 14 heavy (non-hydrogen) atoms. The number of nitrogens with one attached hydrogen (secondary N) is 1. The number of rotatable bonds is 1. The average molecular weight is 253 g/mol. The van der Waals surface area contributed by atoms with Crippen LogP contribution in [0.25, 0.3) is 0 Å². The van der Waals surface area contributed by atoms with Crippen LogP contribution < -0.4 is 5.32 Å². The first-order chi connectivity index (χ1) is 6.84. The molecule has 0 unspecified atom stereocenters. The number of aryl methyl sites for hydroxylation is 1. The van der Waals surface area contributed by atoms with E-state index in [1.807, 2.05) is 0 Å². The average Bonchev–Trinajstić information content (AvgIpc) is 2.23. The van der Waals surface area contributed by atoms with Crippen LogP contribution in [0.15, 0.2) is 29.3 Å². The van der Waals surface area contributed by atoms with E-state index in [1.54, 1.807) is 0 Å². The van der Waals surface area contributed by atoms with Crippen LogP contribution in [0.1, 0.15) is 12.0 Å². The van der Waals surface area contributed by atoms with Crippen LogP contribution in [0, 0.1) is 6.92 Å². The van der Waals surface area contributed by atoms with Gasteiger partial charge in [-0.05, 0) is 0 Å². The summed E-state index contributed by atoms with van der Waals surface area (Å²) >= 11 is 0.559. The molecule has 0 spiro atoms. The van der Waals surface area contributed by atoms with Gasteiger partial charge in [0.1, 0.15) is 0 Å². The Labute approximate surface area is 91.0 Å². The van der Waals surface area contributed by atoms with Gasteiger partial charge in [-0.15, -0.1) is 0 Å². The molecule has 2 nitrogen and oxygen atoms in total. The Kier molecular flexibility index (Phi) is 3.22. The molecule has 0 aromatic heterocycles. The molecule has 3 heteroatoms. The van der Waals surface area contributed by atoms with E-state index in [1.165, 1.54) is 22.0 Å². The summed E-state index contributed by atoms with van der Waals surface area (Å²) in [5.74, 6) is 0. The second kappa shape index (κ2) is 4.63. The predicted octanol–water partition coefficient (Wildman–Crippen LogP) is 2.29. The van der Waals surface area contributed by atoms with Crippen molar-refractivity contribution in [2.45, 2.75) is 18.7 Å². The van der Waals surface area contributed by atoms with Crippen molar-refractivity contribution in [3.8, 4) is 0 Å². The summed E-state index contributed by atoms with van der Waals surface area (Å²) < 4.78 is 1.20. The van der Waals surface area contributed by atoms with Crippen molar-refractivity contribution in [1.29, 1.82) is 0 Å². The fourth-order valence-electron chi connectivity index (χ4n) is 1.30. The van der Waals surface area contributed by atoms with Gasteiger partial charge in [0.2, 0.25) is 0 Å². The molecule has 1 heterocycles. The Hall–Kier alpha value is -0.791. The Morgan fingerprint density at radius 3 is 2.71 bits per heavy atom. The quantitative estimate of drug-likeness (QED) is 0.763. The summed E-state index contributed by atoms with van der Waals surface area (Å²) in [6.45, 7) is 3.10. The topological polar surface area (TPSA) is 24.4 Å². The molecule has 0 aliphatic carbocycles. The Bertz CT molecular complexity index is 330. The Morgan fingerprint density at radius 2 is 2.07 bits per heavy atom. The second-order valence-corrected chi connectivity index (χ2v) is 5.65. The van der Waals surface area contributed by atoms with Crippen LogP contribution in [0.4, 0.5) is 5.69 Å². The van der Waals surface area contributed by atoms with Crippen molar-refractivity contribution in [1.82, 2.24) is 0 Å². The van der Waals surface area contributed by atoms with Gasteiger partial charge in [-0.2, -0.15) is 0 Å². The van der Waals surface area contributed by atoms with Crippen molar-refractivity contribution in [3.05, 3.63) is 29.8 Å². The van der Waals surface area contributed by atoms with E-state index in [0.29, 0.717) is 15.0 Å². The summed E-state index contributed by atoms with van der Waals surface area (Å²) in [4.78, 5) is 4.48. The van der Waals surface area contributed by atoms with Gasteiger partial charge in [0, 0.05) is 0 Å². The van der Waals surface area contributed by atoms with Crippen LogP contribution in [0.2, 0.25) is 5.32 Å². The minimum atomic E-state index is 0.559. The standard InChI is InChI=1S/C11H14N2Se/c1-9-3-5-10(6-4-9)13-11-12-7-2-8-14-11/h3-6H,2,7-8H2,1H3,(H,12,13). The van der Waals surface area contributed by atoms with Crippen LogP contribution in [0.5, 0.6) is 0 Å². The molecule has 1 aromatic carbocycles. The summed E-state index contributed by atoms with van der Waals surface area (Å²) in [7, 11) is 0. The Morgan fingerprint density at radius 1 is 1.29 bits per heavy atom. The number of nitrogens with zero attached hydrogens (tertiary/aromatic N) is 1. The molecule has 0 fully saturated rings. The van der Waals surface area contributed by atoms with Gasteiger partial charge in [0.15, 0.2) is 0 Å². The van der Waals surface area contributed by atoms with Crippen LogP contribution in [-0.2, 0) is 0 Å². The van der Waals surface area contributed by atoms with Gasteiger partial charge in [0.05, 0.1) is 0 Å². The summed E-state index contributed by atoms with van der Waals surface area (Å²) in [6, 6.07) is 8.47. The molecular formula is C11H14N2Se. The van der Waals surface area contributed by atoms with E-state index in [9.17, 15) is 0 Å². The molecule has 1 N–H and O–H groups in total. The number of hydrogen-bond donors (Lipinski definition) is 1. The molecule has 0 radical (unpaired) electrons. The van der Waals surface area contributed by atoms with E-state index < -0.39 is 0 Å². The number of benzene rings is 1. The zero-order chi connectivity index (χ0) is 9.80. The fourth-order valence-corrected chi connectivity index (χ4v) is 3.06. The summed E-state index contributed by atoms with van der Waals surface area (Å²) in [6.07, 6.45) is 1.26. The molecular weight excluding hydrogens is 239 g/mol. The summed E-state index contributed by atoms with van der Waals surface area (Å²) in [5, 5.41) is 4.71. The minimum absolute atomic E-state index is 0.559. The van der Waals surface area contributed by atoms with E-state index in [2.05, 4.69) is 41.5 Å². The number of hydrogen-bond acceptors (Lipinski definition) is 2. The van der Waals surface area contributed by atoms with Gasteiger partial charge in [-0.25, -0.2) is 0 Å². The zero-order valence-corrected chi connectivity index (χ0v) is 10.00. The van der Waals surface area contributed by atoms with Gasteiger partial charge in [-0.1, -0.05) is 0 Å². The van der Waals surface area contributed by atoms with Crippen molar-refractivity contribution < 1.29 is 0 Å². The van der Waals surface area contributed by atoms with Gasteiger partial charge in [0.25, 0.3) is 0 Å². The van der Waals surface area contributed by atoms with Gasteiger partial charge in [-0.3, -0.25) is 0 Å². The second-order valence-electron chi connectivity index (χ2n) is 3.38. The first kappa shape index (κ1) is 9.75. The maximum absolute atomic E-state index is 4.48. The van der Waals surface area contributed by atoms with Gasteiger partial charge < -0.3 is 0 Å². The molecule has 0 saturated carbocycles. The molecule has 0 saturated heterocycles. The first-order valence-electron chi connectivity index (χ1n) is 4.85. The third-order valence-corrected chi connectivity index (χ3v) is 4.19. The van der Waals surface area contributed by atoms with E-state index >= 15 is 0 Å². The molecule has 2 rings (SSSR count). The van der Waals surface area contributed by atoms with E-state index in [0.717, 1.165) is 12.2 Å². The predicted molar refractivity (Wildman–Crippen MR) is 62.3 cm³/mol. The molecule has 1 aliphatic rings. The zero-order valence-electron chi connectivity index (χ0n) is 8.29. The number of anilines is 1. The molecule has 74 valence electrons. The third kappa shape index (κ3) is 2.60. The number of aliphatic imine (C=N–C) groups is 1. The normalized spacial score (nSPS) is 16.2. The monoisotopic (exact) mass is 254 g/mol. The summed E-state index contributed by atoms with van der Waals surface area (Å²) in [5.41, 5.74) is 2.46. The van der Waals surface area contributed by atoms with Crippen LogP contribution in [-0.4, -0.2) is 26.2 Å². The maximum atomic E-state index is 4.48. The molecule has 1 aliphatic heterocycles. The third-order valence-electron chi connectivity index (χ3n) is 2.10. The molecule has 1 aromatic rings. The van der Waals surface area contributed by atoms with Crippen LogP contribution >= 0.6 is 0 Å². The van der Waals surface area contributed by atoms with Crippen LogP contribution in [0.3, 0.4) is 0 Å². The number of amidine groups is 1.